The van der Waals surface area contributed by atoms with Crippen LogP contribution in [0.3, 0.4) is 0 Å². The molecular formula is C13H14BrF2NO. The smallest absolute Gasteiger partial charge is 0.227 e. The molecule has 1 aromatic rings. The van der Waals surface area contributed by atoms with E-state index in [0.717, 1.165) is 31.4 Å². The largest absolute Gasteiger partial charge is 0.321 e. The Balaban J connectivity index is 2.17. The zero-order chi connectivity index (χ0) is 13.3. The summed E-state index contributed by atoms with van der Waals surface area (Å²) < 4.78 is 27.5. The number of hydrogen-bond donors (Lipinski definition) is 1. The highest BCUT2D eigenvalue weighted by Gasteiger charge is 2.30. The molecule has 1 fully saturated rings. The minimum absolute atomic E-state index is 0.146. The normalized spacial score (nSPS) is 23.1. The third kappa shape index (κ3) is 2.71. The third-order valence-electron chi connectivity index (χ3n) is 3.45. The third-order valence-corrected chi connectivity index (χ3v) is 3.91. The molecule has 5 heteroatoms. The fraction of sp³-hybridized carbons (Fsp3) is 0.462. The van der Waals surface area contributed by atoms with Crippen LogP contribution in [0.1, 0.15) is 26.2 Å². The van der Waals surface area contributed by atoms with Gasteiger partial charge in [0.05, 0.1) is 0 Å². The molecule has 0 saturated heterocycles. The van der Waals surface area contributed by atoms with Gasteiger partial charge in [0.15, 0.2) is 11.6 Å². The number of hydrogen-bond acceptors (Lipinski definition) is 1. The standard InChI is InChI=1S/C13H14BrF2NO/c1-7-3-2-4-9(7)13(18)17-12-10(15)5-8(14)6-11(12)16/h5-7,9H,2-4H2,1H3,(H,17,18). The van der Waals surface area contributed by atoms with Crippen LogP contribution in [0.2, 0.25) is 0 Å². The molecule has 2 rings (SSSR count). The molecule has 0 heterocycles. The first-order valence-corrected chi connectivity index (χ1v) is 6.73. The summed E-state index contributed by atoms with van der Waals surface area (Å²) in [4.78, 5) is 12.0. The van der Waals surface area contributed by atoms with Crippen molar-refractivity contribution in [3.8, 4) is 0 Å². The van der Waals surface area contributed by atoms with E-state index in [1.54, 1.807) is 0 Å². The van der Waals surface area contributed by atoms with E-state index in [4.69, 9.17) is 0 Å². The number of benzene rings is 1. The van der Waals surface area contributed by atoms with Gasteiger partial charge in [-0.3, -0.25) is 4.79 Å². The number of anilines is 1. The Morgan fingerprint density at radius 1 is 1.33 bits per heavy atom. The van der Waals surface area contributed by atoms with Gasteiger partial charge < -0.3 is 5.32 Å². The molecule has 2 unspecified atom stereocenters. The average molecular weight is 318 g/mol. The molecule has 2 nitrogen and oxygen atoms in total. The lowest BCUT2D eigenvalue weighted by Gasteiger charge is -2.16. The second-order valence-corrected chi connectivity index (χ2v) is 5.66. The van der Waals surface area contributed by atoms with Crippen LogP contribution < -0.4 is 5.32 Å². The minimum Gasteiger partial charge on any atom is -0.321 e. The topological polar surface area (TPSA) is 29.1 Å². The van der Waals surface area contributed by atoms with Crippen molar-refractivity contribution >= 4 is 27.5 Å². The van der Waals surface area contributed by atoms with Gasteiger partial charge in [0.1, 0.15) is 5.69 Å². The molecule has 0 radical (unpaired) electrons. The highest BCUT2D eigenvalue weighted by Crippen LogP contribution is 2.33. The molecule has 1 aromatic carbocycles. The SMILES string of the molecule is CC1CCCC1C(=O)Nc1c(F)cc(Br)cc1F. The van der Waals surface area contributed by atoms with Gasteiger partial charge in [-0.05, 0) is 30.9 Å². The van der Waals surface area contributed by atoms with Crippen LogP contribution in [0.4, 0.5) is 14.5 Å². The number of carbonyl (C=O) groups is 1. The summed E-state index contributed by atoms with van der Waals surface area (Å²) >= 11 is 3.00. The van der Waals surface area contributed by atoms with Crippen molar-refractivity contribution in [2.24, 2.45) is 11.8 Å². The molecule has 2 atom stereocenters. The molecule has 0 aromatic heterocycles. The molecule has 1 N–H and O–H groups in total. The van der Waals surface area contributed by atoms with Crippen LogP contribution in [0.25, 0.3) is 0 Å². The van der Waals surface area contributed by atoms with E-state index in [2.05, 4.69) is 21.2 Å². The van der Waals surface area contributed by atoms with Crippen LogP contribution in [0.15, 0.2) is 16.6 Å². The Morgan fingerprint density at radius 3 is 2.44 bits per heavy atom. The number of halogens is 3. The van der Waals surface area contributed by atoms with E-state index >= 15 is 0 Å². The molecule has 1 aliphatic carbocycles. The van der Waals surface area contributed by atoms with E-state index in [1.165, 1.54) is 0 Å². The molecule has 0 aliphatic heterocycles. The lowest BCUT2D eigenvalue weighted by atomic mass is 9.97. The number of rotatable bonds is 2. The minimum atomic E-state index is -0.763. The maximum absolute atomic E-state index is 13.6. The fourth-order valence-corrected chi connectivity index (χ4v) is 2.81. The Kier molecular flexibility index (Phi) is 4.00. The van der Waals surface area contributed by atoms with E-state index in [-0.39, 0.29) is 23.4 Å². The second kappa shape index (κ2) is 5.34. The van der Waals surface area contributed by atoms with E-state index in [0.29, 0.717) is 4.47 Å². The average Bonchev–Trinajstić information content (AvgIpc) is 2.69. The van der Waals surface area contributed by atoms with Crippen LogP contribution in [-0.4, -0.2) is 5.91 Å². The molecule has 1 saturated carbocycles. The molecule has 0 spiro atoms. The highest BCUT2D eigenvalue weighted by atomic mass is 79.9. The lowest BCUT2D eigenvalue weighted by Crippen LogP contribution is -2.25. The predicted molar refractivity (Wildman–Crippen MR) is 69.2 cm³/mol. The van der Waals surface area contributed by atoms with Crippen LogP contribution in [-0.2, 0) is 4.79 Å². The number of carbonyl (C=O) groups excluding carboxylic acids is 1. The number of amides is 1. The molecule has 1 aliphatic rings. The van der Waals surface area contributed by atoms with E-state index in [9.17, 15) is 13.6 Å². The van der Waals surface area contributed by atoms with Gasteiger partial charge in [-0.2, -0.15) is 0 Å². The molecule has 98 valence electrons. The first-order chi connectivity index (χ1) is 8.49. The van der Waals surface area contributed by atoms with Gasteiger partial charge in [-0.1, -0.05) is 29.3 Å². The van der Waals surface area contributed by atoms with Gasteiger partial charge in [0.25, 0.3) is 0 Å². The predicted octanol–water partition coefficient (Wildman–Crippen LogP) is 4.10. The summed E-state index contributed by atoms with van der Waals surface area (Å²) in [5.41, 5.74) is -0.359. The van der Waals surface area contributed by atoms with E-state index in [1.807, 2.05) is 6.92 Å². The second-order valence-electron chi connectivity index (χ2n) is 4.75. The summed E-state index contributed by atoms with van der Waals surface area (Å²) in [7, 11) is 0. The van der Waals surface area contributed by atoms with Crippen molar-refractivity contribution < 1.29 is 13.6 Å². The Labute approximate surface area is 113 Å². The Morgan fingerprint density at radius 2 is 1.94 bits per heavy atom. The van der Waals surface area contributed by atoms with Gasteiger partial charge >= 0.3 is 0 Å². The first-order valence-electron chi connectivity index (χ1n) is 5.94. The van der Waals surface area contributed by atoms with Crippen molar-refractivity contribution in [3.05, 3.63) is 28.2 Å². The molecular weight excluding hydrogens is 304 g/mol. The zero-order valence-corrected chi connectivity index (χ0v) is 11.6. The Bertz CT molecular complexity index is 455. The summed E-state index contributed by atoms with van der Waals surface area (Å²) in [5.74, 6) is -1.69. The van der Waals surface area contributed by atoms with Gasteiger partial charge in [0.2, 0.25) is 5.91 Å². The molecule has 18 heavy (non-hydrogen) atoms. The Hall–Kier alpha value is -0.970. The lowest BCUT2D eigenvalue weighted by molar-refractivity contribution is -0.120. The van der Waals surface area contributed by atoms with Crippen molar-refractivity contribution in [1.29, 1.82) is 0 Å². The monoisotopic (exact) mass is 317 g/mol. The van der Waals surface area contributed by atoms with Crippen LogP contribution in [0, 0.1) is 23.5 Å². The number of nitrogens with one attached hydrogen (secondary N) is 1. The fourth-order valence-electron chi connectivity index (χ4n) is 2.41. The molecule has 0 bridgehead atoms. The summed E-state index contributed by atoms with van der Waals surface area (Å²) in [6, 6.07) is 2.27. The van der Waals surface area contributed by atoms with Crippen molar-refractivity contribution in [1.82, 2.24) is 0 Å². The highest BCUT2D eigenvalue weighted by molar-refractivity contribution is 9.10. The van der Waals surface area contributed by atoms with E-state index < -0.39 is 11.6 Å². The molecule has 1 amide bonds. The summed E-state index contributed by atoms with van der Waals surface area (Å²) in [6.07, 6.45) is 2.76. The summed E-state index contributed by atoms with van der Waals surface area (Å²) in [6.45, 7) is 1.99. The quantitative estimate of drug-likeness (QED) is 0.874. The van der Waals surface area contributed by atoms with Gasteiger partial charge in [-0.15, -0.1) is 0 Å². The van der Waals surface area contributed by atoms with Crippen LogP contribution >= 0.6 is 15.9 Å². The van der Waals surface area contributed by atoms with Crippen molar-refractivity contribution in [2.45, 2.75) is 26.2 Å². The summed E-state index contributed by atoms with van der Waals surface area (Å²) in [5, 5.41) is 2.37. The van der Waals surface area contributed by atoms with Crippen molar-refractivity contribution in [2.75, 3.05) is 5.32 Å². The van der Waals surface area contributed by atoms with Crippen molar-refractivity contribution in [3.63, 3.8) is 0 Å². The first kappa shape index (κ1) is 13.5. The van der Waals surface area contributed by atoms with Crippen LogP contribution in [0.5, 0.6) is 0 Å². The van der Waals surface area contributed by atoms with Gasteiger partial charge in [-0.25, -0.2) is 8.78 Å². The zero-order valence-electron chi connectivity index (χ0n) is 9.97. The maximum atomic E-state index is 13.6. The van der Waals surface area contributed by atoms with Gasteiger partial charge in [0, 0.05) is 10.4 Å². The maximum Gasteiger partial charge on any atom is 0.227 e.